The maximum absolute atomic E-state index is 13.1. The molecule has 1 aliphatic rings. The van der Waals surface area contributed by atoms with E-state index in [1.54, 1.807) is 47.4 Å². The van der Waals surface area contributed by atoms with Crippen LogP contribution in [0.1, 0.15) is 42.4 Å². The molecule has 0 radical (unpaired) electrons. The molecule has 2 aromatic carbocycles. The molecule has 2 amide bonds. The molecule has 31 heavy (non-hydrogen) atoms. The number of H-pyrrole nitrogens is 1. The van der Waals surface area contributed by atoms with Gasteiger partial charge in [-0.2, -0.15) is 0 Å². The van der Waals surface area contributed by atoms with Crippen LogP contribution in [-0.4, -0.2) is 33.2 Å². The number of anilines is 1. The van der Waals surface area contributed by atoms with E-state index < -0.39 is 0 Å². The Bertz CT molecular complexity index is 1190. The lowest BCUT2D eigenvalue weighted by Crippen LogP contribution is -2.32. The molecule has 1 saturated carbocycles. The van der Waals surface area contributed by atoms with Crippen molar-refractivity contribution in [2.45, 2.75) is 32.7 Å². The summed E-state index contributed by atoms with van der Waals surface area (Å²) in [4.78, 5) is 46.3. The van der Waals surface area contributed by atoms with Crippen LogP contribution in [0.4, 0.5) is 5.69 Å². The molecule has 8 heteroatoms. The highest BCUT2D eigenvalue weighted by molar-refractivity contribution is 6.31. The summed E-state index contributed by atoms with van der Waals surface area (Å²) in [5, 5.41) is 3.81. The van der Waals surface area contributed by atoms with Crippen LogP contribution < -0.4 is 10.9 Å². The number of carbonyl (C=O) groups excluding carboxylic acids is 2. The normalized spacial score (nSPS) is 13.2. The molecule has 7 nitrogen and oxygen atoms in total. The number of aromatic amines is 1. The fraction of sp³-hybridized carbons (Fsp3) is 0.304. The summed E-state index contributed by atoms with van der Waals surface area (Å²) in [6.07, 6.45) is 2.63. The van der Waals surface area contributed by atoms with Gasteiger partial charge in [-0.3, -0.25) is 14.4 Å². The minimum atomic E-state index is -0.267. The topological polar surface area (TPSA) is 95.2 Å². The average molecular weight is 439 g/mol. The maximum Gasteiger partial charge on any atom is 0.258 e. The summed E-state index contributed by atoms with van der Waals surface area (Å²) >= 11 is 6.03. The van der Waals surface area contributed by atoms with Gasteiger partial charge < -0.3 is 15.2 Å². The van der Waals surface area contributed by atoms with Crippen LogP contribution in [0.3, 0.4) is 0 Å². The van der Waals surface area contributed by atoms with Gasteiger partial charge in [0.1, 0.15) is 5.82 Å². The van der Waals surface area contributed by atoms with Gasteiger partial charge in [0.2, 0.25) is 5.91 Å². The van der Waals surface area contributed by atoms with E-state index in [-0.39, 0.29) is 29.8 Å². The van der Waals surface area contributed by atoms with Gasteiger partial charge >= 0.3 is 0 Å². The second-order valence-electron chi connectivity index (χ2n) is 7.74. The molecule has 1 aliphatic carbocycles. The molecule has 3 aromatic rings. The first-order valence-electron chi connectivity index (χ1n) is 10.3. The molecule has 160 valence electrons. The zero-order valence-corrected chi connectivity index (χ0v) is 17.9. The standard InChI is InChI=1S/C23H23ClN4O3/c1-2-11-28(13-20-26-19-12-16(24)7-10-18(19)22(30)27-20)23(31)15-5-8-17(9-6-15)25-21(29)14-3-4-14/h5-10,12,14H,2-4,11,13H2,1H3,(H,25,29)(H,26,27,30). The Hall–Kier alpha value is -3.19. The molecule has 2 N–H and O–H groups in total. The Morgan fingerprint density at radius 3 is 2.61 bits per heavy atom. The summed E-state index contributed by atoms with van der Waals surface area (Å²) < 4.78 is 0. The van der Waals surface area contributed by atoms with Crippen LogP contribution in [0, 0.1) is 5.92 Å². The van der Waals surface area contributed by atoms with Gasteiger partial charge in [-0.1, -0.05) is 18.5 Å². The number of hydrogen-bond acceptors (Lipinski definition) is 4. The predicted molar refractivity (Wildman–Crippen MR) is 120 cm³/mol. The van der Waals surface area contributed by atoms with Crippen molar-refractivity contribution in [3.05, 3.63) is 69.2 Å². The van der Waals surface area contributed by atoms with Crippen molar-refractivity contribution in [1.82, 2.24) is 14.9 Å². The summed E-state index contributed by atoms with van der Waals surface area (Å²) in [5.74, 6) is 0.372. The number of hydrogen-bond donors (Lipinski definition) is 2. The Morgan fingerprint density at radius 2 is 1.94 bits per heavy atom. The van der Waals surface area contributed by atoms with Gasteiger partial charge in [-0.15, -0.1) is 0 Å². The van der Waals surface area contributed by atoms with Crippen molar-refractivity contribution in [2.75, 3.05) is 11.9 Å². The minimum absolute atomic E-state index is 0.0260. The van der Waals surface area contributed by atoms with Crippen molar-refractivity contribution >= 4 is 40.0 Å². The third-order valence-electron chi connectivity index (χ3n) is 5.19. The number of aromatic nitrogens is 2. The molecule has 0 atom stereocenters. The van der Waals surface area contributed by atoms with Gasteiger partial charge in [-0.25, -0.2) is 4.98 Å². The summed E-state index contributed by atoms with van der Waals surface area (Å²) in [6, 6.07) is 11.8. The summed E-state index contributed by atoms with van der Waals surface area (Å²) in [7, 11) is 0. The van der Waals surface area contributed by atoms with E-state index in [0.29, 0.717) is 39.5 Å². The van der Waals surface area contributed by atoms with Crippen LogP contribution in [-0.2, 0) is 11.3 Å². The molecule has 0 bridgehead atoms. The lowest BCUT2D eigenvalue weighted by atomic mass is 10.1. The molecule has 0 saturated heterocycles. The predicted octanol–water partition coefficient (Wildman–Crippen LogP) is 3.98. The number of amides is 2. The Balaban J connectivity index is 1.52. The zero-order chi connectivity index (χ0) is 22.0. The minimum Gasteiger partial charge on any atom is -0.331 e. The second-order valence-corrected chi connectivity index (χ2v) is 8.18. The van der Waals surface area contributed by atoms with Crippen LogP contribution >= 0.6 is 11.6 Å². The van der Waals surface area contributed by atoms with Gasteiger partial charge in [0.05, 0.1) is 17.4 Å². The molecule has 1 aromatic heterocycles. The van der Waals surface area contributed by atoms with Crippen molar-refractivity contribution in [2.24, 2.45) is 5.92 Å². The largest absolute Gasteiger partial charge is 0.331 e. The lowest BCUT2D eigenvalue weighted by Gasteiger charge is -2.22. The quantitative estimate of drug-likeness (QED) is 0.583. The highest BCUT2D eigenvalue weighted by atomic mass is 35.5. The zero-order valence-electron chi connectivity index (χ0n) is 17.2. The van der Waals surface area contributed by atoms with Gasteiger partial charge in [-0.05, 0) is 61.7 Å². The first-order valence-corrected chi connectivity index (χ1v) is 10.7. The SMILES string of the molecule is CCCN(Cc1nc2cc(Cl)ccc2c(=O)[nH]1)C(=O)c1ccc(NC(=O)C2CC2)cc1. The van der Waals surface area contributed by atoms with E-state index in [4.69, 9.17) is 11.6 Å². The van der Waals surface area contributed by atoms with Gasteiger partial charge in [0.15, 0.2) is 0 Å². The van der Waals surface area contributed by atoms with Gasteiger partial charge in [0, 0.05) is 28.7 Å². The summed E-state index contributed by atoms with van der Waals surface area (Å²) in [5.41, 5.74) is 1.40. The highest BCUT2D eigenvalue weighted by Gasteiger charge is 2.29. The molecule has 1 heterocycles. The smallest absolute Gasteiger partial charge is 0.258 e. The lowest BCUT2D eigenvalue weighted by molar-refractivity contribution is -0.117. The third kappa shape index (κ3) is 4.94. The number of nitrogens with one attached hydrogen (secondary N) is 2. The molecular weight excluding hydrogens is 416 g/mol. The van der Waals surface area contributed by atoms with Crippen LogP contribution in [0.2, 0.25) is 5.02 Å². The Morgan fingerprint density at radius 1 is 1.19 bits per heavy atom. The Labute approximate surface area is 184 Å². The van der Waals surface area contributed by atoms with E-state index in [1.807, 2.05) is 6.92 Å². The average Bonchev–Trinajstić information content (AvgIpc) is 3.59. The van der Waals surface area contributed by atoms with Crippen molar-refractivity contribution in [3.63, 3.8) is 0 Å². The first-order chi connectivity index (χ1) is 14.9. The summed E-state index contributed by atoms with van der Waals surface area (Å²) in [6.45, 7) is 2.66. The fourth-order valence-electron chi connectivity index (χ4n) is 3.41. The van der Waals surface area contributed by atoms with Crippen LogP contribution in [0.15, 0.2) is 47.3 Å². The van der Waals surface area contributed by atoms with E-state index in [2.05, 4.69) is 15.3 Å². The van der Waals surface area contributed by atoms with Crippen molar-refractivity contribution < 1.29 is 9.59 Å². The van der Waals surface area contributed by atoms with E-state index in [1.165, 1.54) is 0 Å². The molecule has 1 fully saturated rings. The number of halogens is 1. The van der Waals surface area contributed by atoms with E-state index >= 15 is 0 Å². The molecule has 0 spiro atoms. The number of fused-ring (bicyclic) bond motifs is 1. The number of benzene rings is 2. The third-order valence-corrected chi connectivity index (χ3v) is 5.42. The van der Waals surface area contributed by atoms with Crippen molar-refractivity contribution in [1.29, 1.82) is 0 Å². The molecular formula is C23H23ClN4O3. The van der Waals surface area contributed by atoms with Gasteiger partial charge in [0.25, 0.3) is 11.5 Å². The maximum atomic E-state index is 13.1. The van der Waals surface area contributed by atoms with E-state index in [9.17, 15) is 14.4 Å². The van der Waals surface area contributed by atoms with E-state index in [0.717, 1.165) is 19.3 Å². The fourth-order valence-corrected chi connectivity index (χ4v) is 3.57. The van der Waals surface area contributed by atoms with Crippen LogP contribution in [0.5, 0.6) is 0 Å². The first kappa shape index (κ1) is 21.1. The molecule has 0 aliphatic heterocycles. The molecule has 0 unspecified atom stereocenters. The number of rotatable bonds is 7. The van der Waals surface area contributed by atoms with Crippen LogP contribution in [0.25, 0.3) is 10.9 Å². The number of nitrogens with zero attached hydrogens (tertiary/aromatic N) is 2. The number of carbonyl (C=O) groups is 2. The molecule has 4 rings (SSSR count). The van der Waals surface area contributed by atoms with Crippen molar-refractivity contribution in [3.8, 4) is 0 Å². The second kappa shape index (κ2) is 8.89. The monoisotopic (exact) mass is 438 g/mol. The Kier molecular flexibility index (Phi) is 6.04. The highest BCUT2D eigenvalue weighted by Crippen LogP contribution is 2.30.